The number of para-hydroxylation sites is 1. The Bertz CT molecular complexity index is 808. The van der Waals surface area contributed by atoms with Crippen molar-refractivity contribution in [3.63, 3.8) is 0 Å². The van der Waals surface area contributed by atoms with Crippen LogP contribution in [0.3, 0.4) is 0 Å². The Hall–Kier alpha value is -1.80. The van der Waals surface area contributed by atoms with Crippen LogP contribution in [0.15, 0.2) is 53.6 Å². The van der Waals surface area contributed by atoms with Crippen molar-refractivity contribution in [1.82, 2.24) is 4.98 Å². The Morgan fingerprint density at radius 3 is 2.59 bits per heavy atom. The topological polar surface area (TPSA) is 12.9 Å². The van der Waals surface area contributed by atoms with Gasteiger partial charge in [0.25, 0.3) is 0 Å². The van der Waals surface area contributed by atoms with Crippen LogP contribution in [0, 0.1) is 20.8 Å². The summed E-state index contributed by atoms with van der Waals surface area (Å²) < 4.78 is 0. The van der Waals surface area contributed by atoms with Crippen LogP contribution >= 0.6 is 11.8 Å². The standard InChI is InChI=1S/C20H21NS/c1-14-8-9-15(2)17(12-14)10-11-22-20-13-16(3)18-6-4-5-7-19(18)21-20/h4-9,12-13H,10-11H2,1-3H3. The Morgan fingerprint density at radius 1 is 0.909 bits per heavy atom. The van der Waals surface area contributed by atoms with Gasteiger partial charge in [-0.3, -0.25) is 0 Å². The number of nitrogens with zero attached hydrogens (tertiary/aromatic N) is 1. The fourth-order valence-corrected chi connectivity index (χ4v) is 3.68. The van der Waals surface area contributed by atoms with Crippen LogP contribution in [0.4, 0.5) is 0 Å². The molecule has 0 saturated carbocycles. The van der Waals surface area contributed by atoms with Gasteiger partial charge in [0, 0.05) is 11.1 Å². The molecule has 0 bridgehead atoms. The summed E-state index contributed by atoms with van der Waals surface area (Å²) in [6.45, 7) is 6.51. The molecule has 0 fully saturated rings. The van der Waals surface area contributed by atoms with Gasteiger partial charge in [-0.15, -0.1) is 11.8 Å². The summed E-state index contributed by atoms with van der Waals surface area (Å²) in [6.07, 6.45) is 1.09. The van der Waals surface area contributed by atoms with Gasteiger partial charge in [0.1, 0.15) is 0 Å². The number of aromatic nitrogens is 1. The zero-order chi connectivity index (χ0) is 15.5. The minimum Gasteiger partial charge on any atom is -0.241 e. The predicted octanol–water partition coefficient (Wildman–Crippen LogP) is 5.49. The number of rotatable bonds is 4. The third-order valence-electron chi connectivity index (χ3n) is 4.03. The highest BCUT2D eigenvalue weighted by Crippen LogP contribution is 2.24. The maximum absolute atomic E-state index is 4.77. The third-order valence-corrected chi connectivity index (χ3v) is 4.94. The molecule has 0 unspecified atom stereocenters. The number of thioether (sulfide) groups is 1. The maximum Gasteiger partial charge on any atom is 0.0970 e. The van der Waals surface area contributed by atoms with Crippen molar-refractivity contribution in [2.75, 3.05) is 5.75 Å². The van der Waals surface area contributed by atoms with Crippen molar-refractivity contribution in [3.05, 3.63) is 70.8 Å². The van der Waals surface area contributed by atoms with Crippen LogP contribution in [0.1, 0.15) is 22.3 Å². The first-order valence-corrected chi connectivity index (χ1v) is 8.67. The van der Waals surface area contributed by atoms with E-state index in [4.69, 9.17) is 4.98 Å². The molecule has 1 nitrogen and oxygen atoms in total. The van der Waals surface area contributed by atoms with E-state index in [-0.39, 0.29) is 0 Å². The molecule has 112 valence electrons. The maximum atomic E-state index is 4.77. The van der Waals surface area contributed by atoms with Gasteiger partial charge in [0.2, 0.25) is 0 Å². The largest absolute Gasteiger partial charge is 0.241 e. The third kappa shape index (κ3) is 3.33. The fraction of sp³-hybridized carbons (Fsp3) is 0.250. The summed E-state index contributed by atoms with van der Waals surface area (Å²) >= 11 is 1.85. The summed E-state index contributed by atoms with van der Waals surface area (Å²) in [5.74, 6) is 1.06. The lowest BCUT2D eigenvalue weighted by Crippen LogP contribution is -1.94. The molecule has 0 saturated heterocycles. The summed E-state index contributed by atoms with van der Waals surface area (Å²) in [5, 5.41) is 2.38. The number of benzene rings is 2. The van der Waals surface area contributed by atoms with Gasteiger partial charge >= 0.3 is 0 Å². The summed E-state index contributed by atoms with van der Waals surface area (Å²) in [5.41, 5.74) is 6.57. The van der Waals surface area contributed by atoms with Crippen LogP contribution in [-0.4, -0.2) is 10.7 Å². The zero-order valence-electron chi connectivity index (χ0n) is 13.4. The molecule has 2 heteroatoms. The molecule has 0 spiro atoms. The number of aryl methyl sites for hydroxylation is 4. The number of fused-ring (bicyclic) bond motifs is 1. The van der Waals surface area contributed by atoms with Crippen molar-refractivity contribution < 1.29 is 0 Å². The molecule has 1 heterocycles. The van der Waals surface area contributed by atoms with E-state index >= 15 is 0 Å². The lowest BCUT2D eigenvalue weighted by atomic mass is 10.0. The van der Waals surface area contributed by atoms with E-state index in [1.54, 1.807) is 0 Å². The van der Waals surface area contributed by atoms with Crippen molar-refractivity contribution >= 4 is 22.7 Å². The Labute approximate surface area is 136 Å². The van der Waals surface area contributed by atoms with Crippen molar-refractivity contribution in [3.8, 4) is 0 Å². The molecule has 1 aromatic heterocycles. The second-order valence-corrected chi connectivity index (χ2v) is 6.94. The SMILES string of the molecule is Cc1ccc(C)c(CCSc2cc(C)c3ccccc3n2)c1. The van der Waals surface area contributed by atoms with Gasteiger partial charge in [-0.25, -0.2) is 4.98 Å². The van der Waals surface area contributed by atoms with E-state index in [2.05, 4.69) is 69.3 Å². The Balaban J connectivity index is 1.73. The molecule has 3 aromatic rings. The van der Waals surface area contributed by atoms with Gasteiger partial charge in [0.05, 0.1) is 10.5 Å². The predicted molar refractivity (Wildman–Crippen MR) is 96.8 cm³/mol. The second kappa shape index (κ2) is 6.53. The molecule has 0 N–H and O–H groups in total. The van der Waals surface area contributed by atoms with Gasteiger partial charge in [-0.05, 0) is 56.0 Å². The molecule has 2 aromatic carbocycles. The van der Waals surface area contributed by atoms with E-state index in [1.165, 1.54) is 27.6 Å². The molecule has 0 amide bonds. The van der Waals surface area contributed by atoms with Gasteiger partial charge in [-0.2, -0.15) is 0 Å². The molecular formula is C20H21NS. The van der Waals surface area contributed by atoms with Crippen LogP contribution < -0.4 is 0 Å². The van der Waals surface area contributed by atoms with Crippen molar-refractivity contribution in [1.29, 1.82) is 0 Å². The average Bonchev–Trinajstić information content (AvgIpc) is 2.51. The lowest BCUT2D eigenvalue weighted by molar-refractivity contribution is 1.10. The zero-order valence-corrected chi connectivity index (χ0v) is 14.2. The number of hydrogen-bond acceptors (Lipinski definition) is 2. The highest BCUT2D eigenvalue weighted by atomic mass is 32.2. The van der Waals surface area contributed by atoms with Crippen LogP contribution in [0.2, 0.25) is 0 Å². The average molecular weight is 307 g/mol. The van der Waals surface area contributed by atoms with Gasteiger partial charge in [0.15, 0.2) is 0 Å². The molecule has 0 aliphatic carbocycles. The van der Waals surface area contributed by atoms with Gasteiger partial charge in [-0.1, -0.05) is 42.0 Å². The fourth-order valence-electron chi connectivity index (χ4n) is 2.73. The summed E-state index contributed by atoms with van der Waals surface area (Å²) in [4.78, 5) is 4.77. The monoisotopic (exact) mass is 307 g/mol. The molecule has 22 heavy (non-hydrogen) atoms. The minimum absolute atomic E-state index is 1.06. The van der Waals surface area contributed by atoms with Crippen LogP contribution in [0.5, 0.6) is 0 Å². The van der Waals surface area contributed by atoms with E-state index < -0.39 is 0 Å². The first kappa shape index (κ1) is 15.1. The van der Waals surface area contributed by atoms with Crippen LogP contribution in [-0.2, 0) is 6.42 Å². The Morgan fingerprint density at radius 2 is 1.73 bits per heavy atom. The first-order chi connectivity index (χ1) is 10.6. The molecule has 0 atom stereocenters. The molecule has 0 radical (unpaired) electrons. The number of pyridine rings is 1. The van der Waals surface area contributed by atoms with E-state index in [9.17, 15) is 0 Å². The van der Waals surface area contributed by atoms with Gasteiger partial charge < -0.3 is 0 Å². The second-order valence-electron chi connectivity index (χ2n) is 5.82. The lowest BCUT2D eigenvalue weighted by Gasteiger charge is -2.08. The van der Waals surface area contributed by atoms with E-state index in [0.717, 1.165) is 22.7 Å². The summed E-state index contributed by atoms with van der Waals surface area (Å²) in [6, 6.07) is 17.3. The van der Waals surface area contributed by atoms with Crippen molar-refractivity contribution in [2.24, 2.45) is 0 Å². The molecule has 3 rings (SSSR count). The van der Waals surface area contributed by atoms with E-state index in [1.807, 2.05) is 11.8 Å². The summed E-state index contributed by atoms with van der Waals surface area (Å²) in [7, 11) is 0. The normalized spacial score (nSPS) is 11.0. The Kier molecular flexibility index (Phi) is 4.49. The highest BCUT2D eigenvalue weighted by Gasteiger charge is 2.04. The molecule has 0 aliphatic rings. The smallest absolute Gasteiger partial charge is 0.0970 e. The van der Waals surface area contributed by atoms with Crippen molar-refractivity contribution in [2.45, 2.75) is 32.2 Å². The first-order valence-electron chi connectivity index (χ1n) is 7.69. The van der Waals surface area contributed by atoms with Crippen LogP contribution in [0.25, 0.3) is 10.9 Å². The highest BCUT2D eigenvalue weighted by molar-refractivity contribution is 7.99. The molecule has 0 aliphatic heterocycles. The number of hydrogen-bond donors (Lipinski definition) is 0. The minimum atomic E-state index is 1.06. The quantitative estimate of drug-likeness (QED) is 0.591. The molecular weight excluding hydrogens is 286 g/mol. The van der Waals surface area contributed by atoms with E-state index in [0.29, 0.717) is 0 Å².